The SMILES string of the molecule is CCON(C)c1nc(N(C)C)nc(N(C)C)n1. The fourth-order valence-electron chi connectivity index (χ4n) is 1.14. The molecule has 0 fully saturated rings. The number of aromatic nitrogens is 3. The van der Waals surface area contributed by atoms with Gasteiger partial charge in [-0.2, -0.15) is 15.0 Å². The zero-order valence-corrected chi connectivity index (χ0v) is 11.3. The van der Waals surface area contributed by atoms with Crippen LogP contribution in [0.5, 0.6) is 0 Å². The number of rotatable bonds is 5. The molecule has 0 aliphatic rings. The lowest BCUT2D eigenvalue weighted by atomic mass is 10.7. The largest absolute Gasteiger partial charge is 0.347 e. The highest BCUT2D eigenvalue weighted by Gasteiger charge is 2.12. The van der Waals surface area contributed by atoms with Crippen LogP contribution in [0.3, 0.4) is 0 Å². The first-order chi connectivity index (χ1) is 7.95. The minimum absolute atomic E-state index is 0.495. The molecule has 0 spiro atoms. The third-order valence-corrected chi connectivity index (χ3v) is 2.00. The molecule has 0 unspecified atom stereocenters. The molecule has 0 saturated heterocycles. The molecule has 0 radical (unpaired) electrons. The molecule has 0 aliphatic heterocycles. The lowest BCUT2D eigenvalue weighted by Gasteiger charge is -2.20. The van der Waals surface area contributed by atoms with Gasteiger partial charge in [-0.25, -0.2) is 5.06 Å². The topological polar surface area (TPSA) is 57.6 Å². The lowest BCUT2D eigenvalue weighted by Crippen LogP contribution is -2.25. The van der Waals surface area contributed by atoms with Crippen LogP contribution in [-0.4, -0.2) is 56.8 Å². The van der Waals surface area contributed by atoms with E-state index < -0.39 is 0 Å². The van der Waals surface area contributed by atoms with Crippen LogP contribution in [0.4, 0.5) is 17.8 Å². The molecule has 0 aromatic carbocycles. The van der Waals surface area contributed by atoms with E-state index in [-0.39, 0.29) is 0 Å². The van der Waals surface area contributed by atoms with Crippen molar-refractivity contribution >= 4 is 17.8 Å². The van der Waals surface area contributed by atoms with Crippen molar-refractivity contribution in [1.82, 2.24) is 15.0 Å². The molecule has 7 heteroatoms. The number of hydrogen-bond acceptors (Lipinski definition) is 7. The fourth-order valence-corrected chi connectivity index (χ4v) is 1.14. The van der Waals surface area contributed by atoms with Crippen molar-refractivity contribution in [1.29, 1.82) is 0 Å². The van der Waals surface area contributed by atoms with Crippen molar-refractivity contribution in [2.24, 2.45) is 0 Å². The fraction of sp³-hybridized carbons (Fsp3) is 0.700. The molecular weight excluding hydrogens is 220 g/mol. The van der Waals surface area contributed by atoms with E-state index in [1.165, 1.54) is 0 Å². The molecule has 96 valence electrons. The number of hydroxylamine groups is 1. The summed E-state index contributed by atoms with van der Waals surface area (Å²) in [5.41, 5.74) is 0. The van der Waals surface area contributed by atoms with Gasteiger partial charge in [0.1, 0.15) is 0 Å². The van der Waals surface area contributed by atoms with E-state index in [4.69, 9.17) is 4.84 Å². The van der Waals surface area contributed by atoms with Gasteiger partial charge >= 0.3 is 0 Å². The number of anilines is 3. The van der Waals surface area contributed by atoms with Gasteiger partial charge in [-0.05, 0) is 6.92 Å². The highest BCUT2D eigenvalue weighted by molar-refractivity contribution is 5.43. The predicted molar refractivity (Wildman–Crippen MR) is 68.5 cm³/mol. The van der Waals surface area contributed by atoms with Gasteiger partial charge in [0.2, 0.25) is 11.9 Å². The molecule has 0 aliphatic carbocycles. The van der Waals surface area contributed by atoms with E-state index in [9.17, 15) is 0 Å². The summed E-state index contributed by atoms with van der Waals surface area (Å²) in [5.74, 6) is 1.70. The lowest BCUT2D eigenvalue weighted by molar-refractivity contribution is 0.131. The Hall–Kier alpha value is -1.63. The van der Waals surface area contributed by atoms with Gasteiger partial charge in [-0.15, -0.1) is 0 Å². The predicted octanol–water partition coefficient (Wildman–Crippen LogP) is 0.391. The van der Waals surface area contributed by atoms with Crippen LogP contribution in [0.1, 0.15) is 6.92 Å². The Balaban J connectivity index is 3.12. The van der Waals surface area contributed by atoms with Crippen LogP contribution in [0, 0.1) is 0 Å². The van der Waals surface area contributed by atoms with E-state index in [2.05, 4.69) is 15.0 Å². The Morgan fingerprint density at radius 3 is 1.59 bits per heavy atom. The number of nitrogens with zero attached hydrogens (tertiary/aromatic N) is 6. The molecule has 1 aromatic rings. The van der Waals surface area contributed by atoms with E-state index in [0.717, 1.165) is 0 Å². The molecule has 0 bridgehead atoms. The first-order valence-electron chi connectivity index (χ1n) is 5.43. The highest BCUT2D eigenvalue weighted by atomic mass is 16.7. The summed E-state index contributed by atoms with van der Waals surface area (Å²) in [4.78, 5) is 21.9. The van der Waals surface area contributed by atoms with Crippen LogP contribution in [0.2, 0.25) is 0 Å². The normalized spacial score (nSPS) is 10.2. The third kappa shape index (κ3) is 3.42. The second-order valence-corrected chi connectivity index (χ2v) is 3.94. The van der Waals surface area contributed by atoms with E-state index in [1.807, 2.05) is 44.9 Å². The van der Waals surface area contributed by atoms with Crippen LogP contribution in [0.15, 0.2) is 0 Å². The van der Waals surface area contributed by atoms with Gasteiger partial charge in [0.15, 0.2) is 0 Å². The summed E-state index contributed by atoms with van der Waals surface area (Å²) in [6.45, 7) is 2.48. The van der Waals surface area contributed by atoms with E-state index in [1.54, 1.807) is 12.1 Å². The molecule has 17 heavy (non-hydrogen) atoms. The monoisotopic (exact) mass is 240 g/mol. The van der Waals surface area contributed by atoms with Crippen LogP contribution in [-0.2, 0) is 4.84 Å². The van der Waals surface area contributed by atoms with Crippen molar-refractivity contribution in [3.63, 3.8) is 0 Å². The van der Waals surface area contributed by atoms with E-state index in [0.29, 0.717) is 24.5 Å². The maximum atomic E-state index is 5.34. The average molecular weight is 240 g/mol. The van der Waals surface area contributed by atoms with Crippen molar-refractivity contribution < 1.29 is 4.84 Å². The Morgan fingerprint density at radius 1 is 0.824 bits per heavy atom. The molecule has 0 atom stereocenters. The second kappa shape index (κ2) is 5.62. The molecule has 7 nitrogen and oxygen atoms in total. The van der Waals surface area contributed by atoms with Gasteiger partial charge < -0.3 is 9.80 Å². The van der Waals surface area contributed by atoms with Crippen molar-refractivity contribution in [3.05, 3.63) is 0 Å². The Bertz CT molecular complexity index is 342. The summed E-state index contributed by atoms with van der Waals surface area (Å²) in [6, 6.07) is 0. The summed E-state index contributed by atoms with van der Waals surface area (Å²) in [5, 5.41) is 1.54. The van der Waals surface area contributed by atoms with Crippen molar-refractivity contribution in [3.8, 4) is 0 Å². The Labute approximate surface area is 102 Å². The first kappa shape index (κ1) is 13.4. The average Bonchev–Trinajstić information content (AvgIpc) is 2.28. The number of hydrogen-bond donors (Lipinski definition) is 0. The Kier molecular flexibility index (Phi) is 4.45. The molecule has 0 saturated carbocycles. The standard InChI is InChI=1S/C10H20N6O/c1-7-17-16(6)10-12-8(14(2)3)11-9(13-10)15(4)5/h7H2,1-6H3. The van der Waals surface area contributed by atoms with Crippen molar-refractivity contribution in [2.45, 2.75) is 6.92 Å². The summed E-state index contributed by atoms with van der Waals surface area (Å²) < 4.78 is 0. The summed E-state index contributed by atoms with van der Waals surface area (Å²) in [7, 11) is 9.33. The minimum atomic E-state index is 0.495. The van der Waals surface area contributed by atoms with E-state index >= 15 is 0 Å². The molecule has 1 heterocycles. The molecule has 0 N–H and O–H groups in total. The minimum Gasteiger partial charge on any atom is -0.347 e. The van der Waals surface area contributed by atoms with Crippen LogP contribution in [0.25, 0.3) is 0 Å². The third-order valence-electron chi connectivity index (χ3n) is 2.00. The molecular formula is C10H20N6O. The molecule has 0 amide bonds. The zero-order valence-electron chi connectivity index (χ0n) is 11.3. The highest BCUT2D eigenvalue weighted by Crippen LogP contribution is 2.15. The molecule has 1 aromatic heterocycles. The quantitative estimate of drug-likeness (QED) is 0.690. The maximum Gasteiger partial charge on any atom is 0.256 e. The van der Waals surface area contributed by atoms with Gasteiger partial charge in [-0.1, -0.05) is 0 Å². The van der Waals surface area contributed by atoms with Gasteiger partial charge in [0.05, 0.1) is 6.61 Å². The molecule has 1 rings (SSSR count). The van der Waals surface area contributed by atoms with Gasteiger partial charge in [-0.3, -0.25) is 4.84 Å². The first-order valence-corrected chi connectivity index (χ1v) is 5.43. The summed E-state index contributed by atoms with van der Waals surface area (Å²) in [6.07, 6.45) is 0. The van der Waals surface area contributed by atoms with Gasteiger partial charge in [0.25, 0.3) is 5.95 Å². The van der Waals surface area contributed by atoms with Crippen LogP contribution >= 0.6 is 0 Å². The second-order valence-electron chi connectivity index (χ2n) is 3.94. The maximum absolute atomic E-state index is 5.34. The van der Waals surface area contributed by atoms with Crippen molar-refractivity contribution in [2.75, 3.05) is 56.7 Å². The van der Waals surface area contributed by atoms with Crippen LogP contribution < -0.4 is 14.9 Å². The smallest absolute Gasteiger partial charge is 0.256 e. The summed E-state index contributed by atoms with van der Waals surface area (Å²) >= 11 is 0. The van der Waals surface area contributed by atoms with Gasteiger partial charge in [0, 0.05) is 35.2 Å². The zero-order chi connectivity index (χ0) is 13.0. The Morgan fingerprint density at radius 2 is 1.24 bits per heavy atom.